The minimum absolute atomic E-state index is 0.0806. The number of aliphatic hydroxyl groups is 1. The predicted octanol–water partition coefficient (Wildman–Crippen LogP) is -0.286. The molecule has 0 saturated heterocycles. The molecule has 4 N–H and O–H groups in total. The van der Waals surface area contributed by atoms with Crippen LogP contribution in [-0.4, -0.2) is 30.2 Å². The summed E-state index contributed by atoms with van der Waals surface area (Å²) in [5, 5.41) is 11.4. The van der Waals surface area contributed by atoms with Crippen molar-refractivity contribution in [2.75, 3.05) is 13.2 Å². The van der Waals surface area contributed by atoms with Crippen LogP contribution < -0.4 is 11.1 Å². The first-order chi connectivity index (χ1) is 5.99. The monoisotopic (exact) mass is 188 g/mol. The molecule has 0 aliphatic carbocycles. The summed E-state index contributed by atoms with van der Waals surface area (Å²) in [4.78, 5) is 11.3. The summed E-state index contributed by atoms with van der Waals surface area (Å²) in [5.41, 5.74) is 5.61. The summed E-state index contributed by atoms with van der Waals surface area (Å²) in [6.45, 7) is 6.23. The van der Waals surface area contributed by atoms with E-state index in [1.54, 1.807) is 0 Å². The van der Waals surface area contributed by atoms with Gasteiger partial charge in [0, 0.05) is 13.2 Å². The Balaban J connectivity index is 3.74. The number of hydrogen-bond donors (Lipinski definition) is 3. The molecule has 78 valence electrons. The van der Waals surface area contributed by atoms with E-state index in [2.05, 4.69) is 5.32 Å². The Morgan fingerprint density at radius 2 is 2.00 bits per heavy atom. The summed E-state index contributed by atoms with van der Waals surface area (Å²) < 4.78 is 0. The van der Waals surface area contributed by atoms with Crippen molar-refractivity contribution in [3.8, 4) is 0 Å². The molecule has 0 saturated carbocycles. The molecular formula is C9H20N2O2. The highest BCUT2D eigenvalue weighted by Crippen LogP contribution is 1.98. The molecular weight excluding hydrogens is 168 g/mol. The number of amides is 1. The van der Waals surface area contributed by atoms with E-state index in [1.165, 1.54) is 0 Å². The topological polar surface area (TPSA) is 75.3 Å². The molecule has 0 aromatic rings. The Bertz CT molecular complexity index is 160. The van der Waals surface area contributed by atoms with E-state index in [9.17, 15) is 4.79 Å². The molecule has 1 amide bonds. The zero-order valence-electron chi connectivity index (χ0n) is 8.58. The van der Waals surface area contributed by atoms with E-state index in [0.29, 0.717) is 6.54 Å². The Labute approximate surface area is 79.5 Å². The number of hydrogen-bond acceptors (Lipinski definition) is 3. The largest absolute Gasteiger partial charge is 0.396 e. The van der Waals surface area contributed by atoms with Crippen molar-refractivity contribution in [2.24, 2.45) is 17.6 Å². The Kier molecular flexibility index (Phi) is 5.66. The standard InChI is InChI=1S/C9H20N2O2/c1-6(2)8(10)9(13)11-4-7(3)5-12/h6-8,12H,4-5,10H2,1-3H3,(H,11,13). The van der Waals surface area contributed by atoms with Gasteiger partial charge in [-0.3, -0.25) is 4.79 Å². The van der Waals surface area contributed by atoms with Gasteiger partial charge in [-0.2, -0.15) is 0 Å². The van der Waals surface area contributed by atoms with E-state index in [0.717, 1.165) is 0 Å². The first kappa shape index (κ1) is 12.4. The third kappa shape index (κ3) is 4.85. The fourth-order valence-electron chi connectivity index (χ4n) is 0.760. The minimum atomic E-state index is -0.453. The van der Waals surface area contributed by atoms with Crippen molar-refractivity contribution >= 4 is 5.91 Å². The minimum Gasteiger partial charge on any atom is -0.396 e. The van der Waals surface area contributed by atoms with Crippen LogP contribution in [0.25, 0.3) is 0 Å². The molecule has 2 atom stereocenters. The smallest absolute Gasteiger partial charge is 0.237 e. The van der Waals surface area contributed by atoms with Gasteiger partial charge in [0.25, 0.3) is 0 Å². The third-order valence-corrected chi connectivity index (χ3v) is 1.96. The van der Waals surface area contributed by atoms with Crippen molar-refractivity contribution in [1.29, 1.82) is 0 Å². The van der Waals surface area contributed by atoms with Crippen molar-refractivity contribution < 1.29 is 9.90 Å². The number of rotatable bonds is 5. The molecule has 13 heavy (non-hydrogen) atoms. The first-order valence-electron chi connectivity index (χ1n) is 4.63. The van der Waals surface area contributed by atoms with Gasteiger partial charge in [-0.05, 0) is 11.8 Å². The van der Waals surface area contributed by atoms with Crippen molar-refractivity contribution in [2.45, 2.75) is 26.8 Å². The third-order valence-electron chi connectivity index (χ3n) is 1.96. The maximum absolute atomic E-state index is 11.3. The van der Waals surface area contributed by atoms with Crippen LogP contribution in [-0.2, 0) is 4.79 Å². The van der Waals surface area contributed by atoms with E-state index in [-0.39, 0.29) is 24.3 Å². The lowest BCUT2D eigenvalue weighted by Gasteiger charge is -2.16. The van der Waals surface area contributed by atoms with Crippen molar-refractivity contribution in [3.05, 3.63) is 0 Å². The van der Waals surface area contributed by atoms with Crippen LogP contribution >= 0.6 is 0 Å². The molecule has 4 heteroatoms. The van der Waals surface area contributed by atoms with E-state index in [1.807, 2.05) is 20.8 Å². The molecule has 0 aliphatic rings. The SMILES string of the molecule is CC(CO)CNC(=O)C(N)C(C)C. The number of carbonyl (C=O) groups is 1. The molecule has 4 nitrogen and oxygen atoms in total. The average Bonchev–Trinajstić information content (AvgIpc) is 2.11. The summed E-state index contributed by atoms with van der Waals surface area (Å²) in [5.74, 6) is 0.0862. The molecule has 0 aromatic heterocycles. The maximum Gasteiger partial charge on any atom is 0.237 e. The summed E-state index contributed by atoms with van der Waals surface area (Å²) in [6, 6.07) is -0.453. The fourth-order valence-corrected chi connectivity index (χ4v) is 0.760. The van der Waals surface area contributed by atoms with Crippen molar-refractivity contribution in [3.63, 3.8) is 0 Å². The molecule has 0 bridgehead atoms. The predicted molar refractivity (Wildman–Crippen MR) is 52.1 cm³/mol. The van der Waals surface area contributed by atoms with Crippen LogP contribution in [0.5, 0.6) is 0 Å². The zero-order valence-corrected chi connectivity index (χ0v) is 8.58. The molecule has 0 fully saturated rings. The van der Waals surface area contributed by atoms with Crippen LogP contribution in [0, 0.1) is 11.8 Å². The molecule has 0 spiro atoms. The normalized spacial score (nSPS) is 15.5. The van der Waals surface area contributed by atoms with E-state index in [4.69, 9.17) is 10.8 Å². The van der Waals surface area contributed by atoms with Crippen LogP contribution in [0.15, 0.2) is 0 Å². The molecule has 0 aromatic carbocycles. The molecule has 0 rings (SSSR count). The van der Waals surface area contributed by atoms with E-state index >= 15 is 0 Å². The summed E-state index contributed by atoms with van der Waals surface area (Å²) >= 11 is 0. The van der Waals surface area contributed by atoms with Gasteiger partial charge < -0.3 is 16.2 Å². The lowest BCUT2D eigenvalue weighted by Crippen LogP contribution is -2.45. The second-order valence-corrected chi connectivity index (χ2v) is 3.80. The quantitative estimate of drug-likeness (QED) is 0.555. The van der Waals surface area contributed by atoms with Gasteiger partial charge in [0.2, 0.25) is 5.91 Å². The van der Waals surface area contributed by atoms with Gasteiger partial charge in [0.05, 0.1) is 6.04 Å². The molecule has 2 unspecified atom stereocenters. The highest BCUT2D eigenvalue weighted by molar-refractivity contribution is 5.81. The number of nitrogens with one attached hydrogen (secondary N) is 1. The lowest BCUT2D eigenvalue weighted by atomic mass is 10.0. The van der Waals surface area contributed by atoms with Crippen LogP contribution in [0.4, 0.5) is 0 Å². The van der Waals surface area contributed by atoms with Gasteiger partial charge >= 0.3 is 0 Å². The maximum atomic E-state index is 11.3. The van der Waals surface area contributed by atoms with E-state index < -0.39 is 6.04 Å². The van der Waals surface area contributed by atoms with Gasteiger partial charge in [-0.15, -0.1) is 0 Å². The number of nitrogens with two attached hydrogens (primary N) is 1. The van der Waals surface area contributed by atoms with Gasteiger partial charge in [-0.25, -0.2) is 0 Å². The fraction of sp³-hybridized carbons (Fsp3) is 0.889. The average molecular weight is 188 g/mol. The zero-order chi connectivity index (χ0) is 10.4. The highest BCUT2D eigenvalue weighted by atomic mass is 16.3. The second-order valence-electron chi connectivity index (χ2n) is 3.80. The lowest BCUT2D eigenvalue weighted by molar-refractivity contribution is -0.123. The number of carbonyl (C=O) groups excluding carboxylic acids is 1. The Morgan fingerprint density at radius 1 is 1.46 bits per heavy atom. The van der Waals surface area contributed by atoms with Gasteiger partial charge in [-0.1, -0.05) is 20.8 Å². The second kappa shape index (κ2) is 5.94. The van der Waals surface area contributed by atoms with Crippen LogP contribution in [0.1, 0.15) is 20.8 Å². The summed E-state index contributed by atoms with van der Waals surface area (Å²) in [7, 11) is 0. The summed E-state index contributed by atoms with van der Waals surface area (Å²) in [6.07, 6.45) is 0. The van der Waals surface area contributed by atoms with Crippen molar-refractivity contribution in [1.82, 2.24) is 5.32 Å². The highest BCUT2D eigenvalue weighted by Gasteiger charge is 2.16. The van der Waals surface area contributed by atoms with Gasteiger partial charge in [0.1, 0.15) is 0 Å². The Morgan fingerprint density at radius 3 is 2.38 bits per heavy atom. The van der Waals surface area contributed by atoms with Crippen LogP contribution in [0.2, 0.25) is 0 Å². The molecule has 0 aliphatic heterocycles. The Hall–Kier alpha value is -0.610. The first-order valence-corrected chi connectivity index (χ1v) is 4.63. The molecule has 0 heterocycles. The number of aliphatic hydroxyl groups excluding tert-OH is 1. The van der Waals surface area contributed by atoms with Crippen LogP contribution in [0.3, 0.4) is 0 Å². The van der Waals surface area contributed by atoms with Gasteiger partial charge in [0.15, 0.2) is 0 Å². The molecule has 0 radical (unpaired) electrons.